The third kappa shape index (κ3) is 3.14. The van der Waals surface area contributed by atoms with E-state index in [-0.39, 0.29) is 17.0 Å². The van der Waals surface area contributed by atoms with Crippen molar-refractivity contribution in [2.75, 3.05) is 13.1 Å². The molecule has 7 rings (SSSR count). The van der Waals surface area contributed by atoms with E-state index >= 15 is 0 Å². The van der Waals surface area contributed by atoms with Gasteiger partial charge in [0.25, 0.3) is 5.91 Å². The van der Waals surface area contributed by atoms with Crippen molar-refractivity contribution in [2.24, 2.45) is 17.8 Å². The number of hydrogen-bond donors (Lipinski definition) is 2. The average molecular weight is 407 g/mol. The normalized spacial score (nSPS) is 36.9. The van der Waals surface area contributed by atoms with Crippen molar-refractivity contribution in [3.05, 3.63) is 42.2 Å². The highest BCUT2D eigenvalue weighted by Crippen LogP contribution is 2.60. The van der Waals surface area contributed by atoms with E-state index in [9.17, 15) is 4.79 Å². The fourth-order valence-electron chi connectivity index (χ4n) is 7.34. The monoisotopic (exact) mass is 406 g/mol. The number of aromatic nitrogens is 4. The molecule has 1 amide bonds. The number of nitrogens with one attached hydrogen (secondary N) is 2. The van der Waals surface area contributed by atoms with Gasteiger partial charge in [0.05, 0.1) is 11.1 Å². The van der Waals surface area contributed by atoms with E-state index < -0.39 is 0 Å². The SMILES string of the molecule is O=C(NC12CC3CC(C1)CC(n1cncn1)(C3)C2)c1cncc(CC2CCNC2)c1. The Balaban J connectivity index is 1.23. The second-order valence-electron chi connectivity index (χ2n) is 10.4. The van der Waals surface area contributed by atoms with Gasteiger partial charge >= 0.3 is 0 Å². The molecule has 4 bridgehead atoms. The summed E-state index contributed by atoms with van der Waals surface area (Å²) in [6, 6.07) is 2.05. The molecule has 7 nitrogen and oxygen atoms in total. The van der Waals surface area contributed by atoms with Crippen molar-refractivity contribution < 1.29 is 4.79 Å². The predicted octanol–water partition coefficient (Wildman–Crippen LogP) is 2.30. The molecule has 3 heterocycles. The first-order valence-corrected chi connectivity index (χ1v) is 11.4. The van der Waals surface area contributed by atoms with E-state index in [0.29, 0.717) is 23.3 Å². The van der Waals surface area contributed by atoms with Crippen molar-refractivity contribution in [1.29, 1.82) is 0 Å². The van der Waals surface area contributed by atoms with Crippen LogP contribution in [-0.2, 0) is 12.0 Å². The Bertz CT molecular complexity index is 921. The van der Waals surface area contributed by atoms with Crippen LogP contribution in [0.2, 0.25) is 0 Å². The first-order chi connectivity index (χ1) is 14.6. The molecule has 0 aromatic carbocycles. The van der Waals surface area contributed by atoms with Crippen LogP contribution < -0.4 is 10.6 Å². The maximum Gasteiger partial charge on any atom is 0.253 e. The van der Waals surface area contributed by atoms with Gasteiger partial charge in [0.15, 0.2) is 0 Å². The first-order valence-electron chi connectivity index (χ1n) is 11.4. The second-order valence-corrected chi connectivity index (χ2v) is 10.4. The van der Waals surface area contributed by atoms with Crippen molar-refractivity contribution in [1.82, 2.24) is 30.4 Å². The Morgan fingerprint density at radius 2 is 2.07 bits per heavy atom. The molecule has 0 radical (unpaired) electrons. The summed E-state index contributed by atoms with van der Waals surface area (Å²) in [5, 5.41) is 11.4. The van der Waals surface area contributed by atoms with Gasteiger partial charge in [0.2, 0.25) is 0 Å². The van der Waals surface area contributed by atoms with Crippen LogP contribution in [0.25, 0.3) is 0 Å². The van der Waals surface area contributed by atoms with Crippen LogP contribution in [0.3, 0.4) is 0 Å². The van der Waals surface area contributed by atoms with Gasteiger partial charge in [-0.3, -0.25) is 9.78 Å². The molecule has 30 heavy (non-hydrogen) atoms. The molecule has 158 valence electrons. The minimum Gasteiger partial charge on any atom is -0.346 e. The lowest BCUT2D eigenvalue weighted by molar-refractivity contribution is -0.0744. The average Bonchev–Trinajstić information content (AvgIpc) is 3.41. The Morgan fingerprint density at radius 1 is 1.20 bits per heavy atom. The molecule has 1 aliphatic heterocycles. The quantitative estimate of drug-likeness (QED) is 0.796. The maximum atomic E-state index is 13.3. The number of carbonyl (C=O) groups is 1. The van der Waals surface area contributed by atoms with Crippen molar-refractivity contribution in [3.8, 4) is 0 Å². The Kier molecular flexibility index (Phi) is 4.23. The van der Waals surface area contributed by atoms with Crippen molar-refractivity contribution >= 4 is 5.91 Å². The lowest BCUT2D eigenvalue weighted by atomic mass is 9.50. The number of pyridine rings is 1. The van der Waals surface area contributed by atoms with Crippen LogP contribution in [0, 0.1) is 17.8 Å². The molecule has 2 N–H and O–H groups in total. The fraction of sp³-hybridized carbons (Fsp3) is 0.652. The zero-order valence-electron chi connectivity index (χ0n) is 17.4. The lowest BCUT2D eigenvalue weighted by Crippen LogP contribution is -2.65. The number of nitrogens with zero attached hydrogens (tertiary/aromatic N) is 4. The summed E-state index contributed by atoms with van der Waals surface area (Å²) in [5.41, 5.74) is 1.76. The zero-order chi connectivity index (χ0) is 20.2. The second kappa shape index (κ2) is 6.87. The fourth-order valence-corrected chi connectivity index (χ4v) is 7.34. The van der Waals surface area contributed by atoms with Crippen LogP contribution in [0.15, 0.2) is 31.1 Å². The van der Waals surface area contributed by atoms with Gasteiger partial charge < -0.3 is 10.6 Å². The smallest absolute Gasteiger partial charge is 0.253 e. The van der Waals surface area contributed by atoms with E-state index in [1.807, 2.05) is 18.6 Å². The van der Waals surface area contributed by atoms with Crippen LogP contribution in [-0.4, -0.2) is 44.3 Å². The van der Waals surface area contributed by atoms with E-state index in [1.54, 1.807) is 12.5 Å². The molecule has 2 aromatic rings. The van der Waals surface area contributed by atoms with Crippen LogP contribution >= 0.6 is 0 Å². The number of carbonyl (C=O) groups excluding carboxylic acids is 1. The van der Waals surface area contributed by atoms with Crippen LogP contribution in [0.1, 0.15) is 60.9 Å². The van der Waals surface area contributed by atoms with E-state index in [0.717, 1.165) is 51.6 Å². The summed E-state index contributed by atoms with van der Waals surface area (Å²) in [4.78, 5) is 21.9. The van der Waals surface area contributed by atoms with E-state index in [2.05, 4.69) is 30.4 Å². The largest absolute Gasteiger partial charge is 0.346 e. The van der Waals surface area contributed by atoms with E-state index in [1.165, 1.54) is 18.4 Å². The Hall–Kier alpha value is -2.28. The third-order valence-corrected chi connectivity index (χ3v) is 8.06. The number of hydrogen-bond acceptors (Lipinski definition) is 5. The molecule has 2 aromatic heterocycles. The molecule has 5 aliphatic rings. The van der Waals surface area contributed by atoms with Crippen molar-refractivity contribution in [3.63, 3.8) is 0 Å². The molecule has 1 saturated heterocycles. The summed E-state index contributed by atoms with van der Waals surface area (Å²) < 4.78 is 2.09. The minimum atomic E-state index is -0.126. The van der Waals surface area contributed by atoms with Gasteiger partial charge in [-0.05, 0) is 93.8 Å². The molecule has 4 saturated carbocycles. The Labute approximate surface area is 177 Å². The zero-order valence-corrected chi connectivity index (χ0v) is 17.4. The summed E-state index contributed by atoms with van der Waals surface area (Å²) in [6.07, 6.45) is 16.1. The van der Waals surface area contributed by atoms with E-state index in [4.69, 9.17) is 0 Å². The molecule has 5 fully saturated rings. The van der Waals surface area contributed by atoms with Crippen LogP contribution in [0.4, 0.5) is 0 Å². The summed E-state index contributed by atoms with van der Waals surface area (Å²) >= 11 is 0. The highest BCUT2D eigenvalue weighted by molar-refractivity contribution is 5.94. The highest BCUT2D eigenvalue weighted by Gasteiger charge is 2.59. The maximum absolute atomic E-state index is 13.3. The molecule has 0 spiro atoms. The molecule has 3 atom stereocenters. The molecule has 3 unspecified atom stereocenters. The van der Waals surface area contributed by atoms with Gasteiger partial charge in [0.1, 0.15) is 12.7 Å². The van der Waals surface area contributed by atoms with Crippen molar-refractivity contribution in [2.45, 2.75) is 62.4 Å². The van der Waals surface area contributed by atoms with Gasteiger partial charge in [-0.2, -0.15) is 5.10 Å². The lowest BCUT2D eigenvalue weighted by Gasteiger charge is -2.61. The topological polar surface area (TPSA) is 84.7 Å². The number of amides is 1. The highest BCUT2D eigenvalue weighted by atomic mass is 16.1. The number of rotatable bonds is 5. The Morgan fingerprint density at radius 3 is 2.80 bits per heavy atom. The molecular formula is C23H30N6O. The van der Waals surface area contributed by atoms with Gasteiger partial charge in [-0.1, -0.05) is 0 Å². The third-order valence-electron chi connectivity index (χ3n) is 8.06. The summed E-state index contributed by atoms with van der Waals surface area (Å²) in [5.74, 6) is 2.01. The van der Waals surface area contributed by atoms with Gasteiger partial charge in [-0.15, -0.1) is 0 Å². The predicted molar refractivity (Wildman–Crippen MR) is 112 cm³/mol. The molecule has 7 heteroatoms. The minimum absolute atomic E-state index is 0.0173. The molecule has 4 aliphatic carbocycles. The summed E-state index contributed by atoms with van der Waals surface area (Å²) in [6.45, 7) is 2.16. The molecular weight excluding hydrogens is 376 g/mol. The summed E-state index contributed by atoms with van der Waals surface area (Å²) in [7, 11) is 0. The van der Waals surface area contributed by atoms with Crippen LogP contribution in [0.5, 0.6) is 0 Å². The standard InChI is InChI=1S/C23H30N6O/c30-21(20-5-17(11-25-12-20)3-16-1-2-24-10-16)28-22-6-18-4-19(7-22)9-23(8-18,13-22)29-15-26-14-27-29/h5,11-12,14-16,18-19,24H,1-4,6-10,13H2,(H,28,30). The van der Waals surface area contributed by atoms with Gasteiger partial charge in [-0.25, -0.2) is 9.67 Å². The first kappa shape index (κ1) is 18.5. The van der Waals surface area contributed by atoms with Gasteiger partial charge in [0, 0.05) is 17.9 Å².